The van der Waals surface area contributed by atoms with E-state index >= 15 is 0 Å². The predicted octanol–water partition coefficient (Wildman–Crippen LogP) is 1.28. The van der Waals surface area contributed by atoms with Crippen LogP contribution < -0.4 is 5.32 Å². The van der Waals surface area contributed by atoms with Crippen LogP contribution in [-0.4, -0.2) is 47.9 Å². The maximum absolute atomic E-state index is 13.3. The molecule has 0 bridgehead atoms. The summed E-state index contributed by atoms with van der Waals surface area (Å²) in [7, 11) is 0. The van der Waals surface area contributed by atoms with Gasteiger partial charge < -0.3 is 15.5 Å². The van der Waals surface area contributed by atoms with E-state index in [1.807, 2.05) is 0 Å². The number of aliphatic hydroxyl groups is 1. The zero-order chi connectivity index (χ0) is 13.0. The number of phenols is 1. The van der Waals surface area contributed by atoms with Gasteiger partial charge in [-0.25, -0.2) is 4.39 Å². The van der Waals surface area contributed by atoms with Crippen LogP contribution in [0.1, 0.15) is 18.0 Å². The minimum absolute atomic E-state index is 0. The molecule has 2 rings (SSSR count). The third-order valence-corrected chi connectivity index (χ3v) is 3.34. The van der Waals surface area contributed by atoms with Gasteiger partial charge in [0.05, 0.1) is 0 Å². The van der Waals surface area contributed by atoms with Crippen LogP contribution in [-0.2, 0) is 0 Å². The van der Waals surface area contributed by atoms with Crippen LogP contribution in [0.15, 0.2) is 18.2 Å². The van der Waals surface area contributed by atoms with Crippen molar-refractivity contribution < 1.29 is 14.6 Å². The van der Waals surface area contributed by atoms with Gasteiger partial charge in [-0.1, -0.05) is 0 Å². The Morgan fingerprint density at radius 3 is 2.63 bits per heavy atom. The topological polar surface area (TPSA) is 55.7 Å². The van der Waals surface area contributed by atoms with E-state index in [9.17, 15) is 14.6 Å². The van der Waals surface area contributed by atoms with E-state index in [-0.39, 0.29) is 36.6 Å². The van der Waals surface area contributed by atoms with Crippen molar-refractivity contribution in [1.29, 1.82) is 0 Å². The highest BCUT2D eigenvalue weighted by atomic mass is 35.5. The molecule has 1 atom stereocenters. The van der Waals surface area contributed by atoms with Gasteiger partial charge in [0.1, 0.15) is 11.6 Å². The molecular formula is C13H20ClFN2O2. The molecule has 0 aromatic heterocycles. The van der Waals surface area contributed by atoms with Gasteiger partial charge in [0, 0.05) is 44.4 Å². The highest BCUT2D eigenvalue weighted by molar-refractivity contribution is 5.85. The molecule has 1 aromatic carbocycles. The molecule has 1 saturated heterocycles. The van der Waals surface area contributed by atoms with E-state index in [0.29, 0.717) is 12.0 Å². The first kappa shape index (κ1) is 16.2. The second-order valence-electron chi connectivity index (χ2n) is 4.52. The zero-order valence-electron chi connectivity index (χ0n) is 10.7. The third-order valence-electron chi connectivity index (χ3n) is 3.34. The van der Waals surface area contributed by atoms with Gasteiger partial charge in [-0.15, -0.1) is 12.4 Å². The third kappa shape index (κ3) is 4.04. The van der Waals surface area contributed by atoms with Crippen LogP contribution in [0.25, 0.3) is 0 Å². The summed E-state index contributed by atoms with van der Waals surface area (Å²) >= 11 is 0. The molecule has 0 spiro atoms. The molecular weight excluding hydrogens is 271 g/mol. The summed E-state index contributed by atoms with van der Waals surface area (Å²) in [6, 6.07) is 3.84. The van der Waals surface area contributed by atoms with Crippen LogP contribution >= 0.6 is 12.4 Å². The van der Waals surface area contributed by atoms with Crippen LogP contribution in [0.3, 0.4) is 0 Å². The summed E-state index contributed by atoms with van der Waals surface area (Å²) < 4.78 is 13.3. The van der Waals surface area contributed by atoms with Crippen LogP contribution in [0.4, 0.5) is 4.39 Å². The van der Waals surface area contributed by atoms with E-state index in [1.165, 1.54) is 18.2 Å². The molecule has 1 fully saturated rings. The van der Waals surface area contributed by atoms with Gasteiger partial charge in [0.15, 0.2) is 0 Å². The molecule has 1 aliphatic rings. The monoisotopic (exact) mass is 290 g/mol. The number of aromatic hydroxyl groups is 1. The largest absolute Gasteiger partial charge is 0.508 e. The minimum atomic E-state index is -0.360. The van der Waals surface area contributed by atoms with E-state index in [2.05, 4.69) is 10.2 Å². The van der Waals surface area contributed by atoms with Crippen molar-refractivity contribution in [2.75, 3.05) is 32.8 Å². The first-order chi connectivity index (χ1) is 8.72. The van der Waals surface area contributed by atoms with Crippen molar-refractivity contribution in [3.63, 3.8) is 0 Å². The number of benzene rings is 1. The highest BCUT2D eigenvalue weighted by Gasteiger charge is 2.24. The summed E-state index contributed by atoms with van der Waals surface area (Å²) in [6.45, 7) is 3.43. The number of aliphatic hydroxyl groups excluding tert-OH is 1. The van der Waals surface area contributed by atoms with Crippen molar-refractivity contribution in [3.8, 4) is 5.75 Å². The lowest BCUT2D eigenvalue weighted by molar-refractivity contribution is 0.139. The van der Waals surface area contributed by atoms with Crippen molar-refractivity contribution in [2.24, 2.45) is 0 Å². The lowest BCUT2D eigenvalue weighted by Crippen LogP contribution is -2.45. The Labute approximate surface area is 118 Å². The number of nitrogens with one attached hydrogen (secondary N) is 1. The summed E-state index contributed by atoms with van der Waals surface area (Å²) in [6.07, 6.45) is 0.497. The fourth-order valence-electron chi connectivity index (χ4n) is 2.44. The molecule has 6 heteroatoms. The molecule has 0 unspecified atom stereocenters. The maximum Gasteiger partial charge on any atom is 0.123 e. The van der Waals surface area contributed by atoms with E-state index < -0.39 is 0 Å². The van der Waals surface area contributed by atoms with E-state index in [0.717, 1.165) is 26.2 Å². The van der Waals surface area contributed by atoms with E-state index in [1.54, 1.807) is 0 Å². The summed E-state index contributed by atoms with van der Waals surface area (Å²) in [5, 5.41) is 22.3. The Balaban J connectivity index is 0.00000180. The zero-order valence-corrected chi connectivity index (χ0v) is 11.5. The molecule has 1 aromatic rings. The number of hydrogen-bond donors (Lipinski definition) is 3. The number of nitrogens with zero attached hydrogens (tertiary/aromatic N) is 1. The lowest BCUT2D eigenvalue weighted by Gasteiger charge is -2.35. The predicted molar refractivity (Wildman–Crippen MR) is 74.2 cm³/mol. The maximum atomic E-state index is 13.3. The molecule has 0 aliphatic carbocycles. The highest BCUT2D eigenvalue weighted by Crippen LogP contribution is 2.31. The fourth-order valence-corrected chi connectivity index (χ4v) is 2.44. The van der Waals surface area contributed by atoms with E-state index in [4.69, 9.17) is 0 Å². The molecule has 1 aliphatic heterocycles. The molecule has 1 heterocycles. The Bertz CT molecular complexity index is 400. The average Bonchev–Trinajstić information content (AvgIpc) is 2.40. The SMILES string of the molecule is Cl.OCC[C@@H](c1cc(F)ccc1O)N1CCNCC1. The number of halogens is 2. The molecule has 3 N–H and O–H groups in total. The average molecular weight is 291 g/mol. The quantitative estimate of drug-likeness (QED) is 0.782. The van der Waals surface area contributed by atoms with Gasteiger partial charge in [-0.05, 0) is 24.6 Å². The molecule has 108 valence electrons. The van der Waals surface area contributed by atoms with Crippen molar-refractivity contribution in [2.45, 2.75) is 12.5 Å². The molecule has 0 amide bonds. The van der Waals surface area contributed by atoms with Crippen LogP contribution in [0.5, 0.6) is 5.75 Å². The standard InChI is InChI=1S/C13H19FN2O2.ClH/c14-10-1-2-13(18)11(9-10)12(3-8-17)16-6-4-15-5-7-16;/h1-2,9,12,15,17-18H,3-8H2;1H/t12-;/m0./s1. The van der Waals surface area contributed by atoms with Gasteiger partial charge >= 0.3 is 0 Å². The fraction of sp³-hybridized carbons (Fsp3) is 0.538. The number of phenolic OH excluding ortho intramolecular Hbond substituents is 1. The summed E-state index contributed by atoms with van der Waals surface area (Å²) in [5.41, 5.74) is 0.561. The van der Waals surface area contributed by atoms with Crippen LogP contribution in [0, 0.1) is 5.82 Å². The van der Waals surface area contributed by atoms with Gasteiger partial charge in [-0.2, -0.15) is 0 Å². The lowest BCUT2D eigenvalue weighted by atomic mass is 10.00. The number of rotatable bonds is 4. The van der Waals surface area contributed by atoms with Gasteiger partial charge in [0.2, 0.25) is 0 Å². The Morgan fingerprint density at radius 2 is 2.00 bits per heavy atom. The van der Waals surface area contributed by atoms with Crippen LogP contribution in [0.2, 0.25) is 0 Å². The van der Waals surface area contributed by atoms with Crippen molar-refractivity contribution >= 4 is 12.4 Å². The second-order valence-corrected chi connectivity index (χ2v) is 4.52. The Morgan fingerprint density at radius 1 is 1.32 bits per heavy atom. The first-order valence-corrected chi connectivity index (χ1v) is 6.26. The Hall–Kier alpha value is -0.880. The van der Waals surface area contributed by atoms with Gasteiger partial charge in [0.25, 0.3) is 0 Å². The van der Waals surface area contributed by atoms with Crippen molar-refractivity contribution in [1.82, 2.24) is 10.2 Å². The molecule has 4 nitrogen and oxygen atoms in total. The minimum Gasteiger partial charge on any atom is -0.508 e. The number of hydrogen-bond acceptors (Lipinski definition) is 4. The molecule has 19 heavy (non-hydrogen) atoms. The number of piperazine rings is 1. The molecule has 0 saturated carbocycles. The normalized spacial score (nSPS) is 17.8. The second kappa shape index (κ2) is 7.65. The smallest absolute Gasteiger partial charge is 0.123 e. The van der Waals surface area contributed by atoms with Gasteiger partial charge in [-0.3, -0.25) is 4.90 Å². The summed E-state index contributed by atoms with van der Waals surface area (Å²) in [4.78, 5) is 2.17. The van der Waals surface area contributed by atoms with Crippen molar-refractivity contribution in [3.05, 3.63) is 29.6 Å². The molecule has 0 radical (unpaired) electrons. The summed E-state index contributed by atoms with van der Waals surface area (Å²) in [5.74, 6) is -0.269. The Kier molecular flexibility index (Phi) is 6.51. The first-order valence-electron chi connectivity index (χ1n) is 6.26.